The predicted molar refractivity (Wildman–Crippen MR) is 78.9 cm³/mol. The zero-order valence-corrected chi connectivity index (χ0v) is 12.2. The third-order valence-electron chi connectivity index (χ3n) is 3.70. The number of rotatable bonds is 2. The van der Waals surface area contributed by atoms with Crippen LogP contribution in [0.25, 0.3) is 0 Å². The van der Waals surface area contributed by atoms with Gasteiger partial charge in [0.15, 0.2) is 0 Å². The molecule has 2 N–H and O–H groups in total. The molecule has 0 aromatic heterocycles. The number of halogens is 1. The van der Waals surface area contributed by atoms with E-state index >= 15 is 0 Å². The van der Waals surface area contributed by atoms with Gasteiger partial charge in [-0.05, 0) is 49.3 Å². The summed E-state index contributed by atoms with van der Waals surface area (Å²) >= 11 is 0. The first-order chi connectivity index (χ1) is 9.58. The van der Waals surface area contributed by atoms with Crippen LogP contribution in [0, 0.1) is 29.5 Å². The van der Waals surface area contributed by atoms with E-state index in [2.05, 4.69) is 25.7 Å². The third-order valence-corrected chi connectivity index (χ3v) is 3.70. The summed E-state index contributed by atoms with van der Waals surface area (Å²) in [7, 11) is 0. The van der Waals surface area contributed by atoms with Gasteiger partial charge in [-0.2, -0.15) is 0 Å². The lowest BCUT2D eigenvalue weighted by Crippen LogP contribution is -2.28. The Bertz CT molecular complexity index is 507. The maximum absolute atomic E-state index is 13.3. The van der Waals surface area contributed by atoms with Crippen LogP contribution in [0.2, 0.25) is 0 Å². The molecule has 108 valence electrons. The molecule has 1 aliphatic carbocycles. The summed E-state index contributed by atoms with van der Waals surface area (Å²) < 4.78 is 19.4. The van der Waals surface area contributed by atoms with Gasteiger partial charge in [0.05, 0.1) is 18.2 Å². The fourth-order valence-corrected chi connectivity index (χ4v) is 3.00. The lowest BCUT2D eigenvalue weighted by Gasteiger charge is -2.32. The molecule has 0 amide bonds. The van der Waals surface area contributed by atoms with Crippen molar-refractivity contribution in [1.29, 1.82) is 0 Å². The van der Waals surface area contributed by atoms with Crippen molar-refractivity contribution in [3.05, 3.63) is 29.6 Å². The fraction of sp³-hybridized carbons (Fsp3) is 0.529. The topological polar surface area (TPSA) is 35.2 Å². The molecule has 1 fully saturated rings. The van der Waals surface area contributed by atoms with Crippen LogP contribution in [0.3, 0.4) is 0 Å². The Hall–Kier alpha value is -1.53. The van der Waals surface area contributed by atoms with Crippen LogP contribution in [0.1, 0.15) is 38.7 Å². The zero-order valence-electron chi connectivity index (χ0n) is 12.2. The third kappa shape index (κ3) is 3.98. The number of hydrogen-bond donors (Lipinski definition) is 1. The second-order valence-electron chi connectivity index (χ2n) is 5.80. The van der Waals surface area contributed by atoms with Gasteiger partial charge in [-0.1, -0.05) is 25.7 Å². The molecule has 2 atom stereocenters. The minimum absolute atomic E-state index is 0.192. The highest BCUT2D eigenvalue weighted by Crippen LogP contribution is 2.32. The summed E-state index contributed by atoms with van der Waals surface area (Å²) in [5.74, 6) is 7.35. The minimum atomic E-state index is -0.302. The van der Waals surface area contributed by atoms with Crippen molar-refractivity contribution in [2.24, 2.45) is 17.6 Å². The lowest BCUT2D eigenvalue weighted by atomic mass is 9.82. The van der Waals surface area contributed by atoms with Crippen molar-refractivity contribution in [3.63, 3.8) is 0 Å². The second-order valence-corrected chi connectivity index (χ2v) is 5.80. The number of benzene rings is 1. The van der Waals surface area contributed by atoms with Gasteiger partial charge >= 0.3 is 0 Å². The van der Waals surface area contributed by atoms with E-state index in [9.17, 15) is 4.39 Å². The van der Waals surface area contributed by atoms with E-state index in [0.29, 0.717) is 23.1 Å². The zero-order chi connectivity index (χ0) is 14.5. The van der Waals surface area contributed by atoms with Gasteiger partial charge in [-0.3, -0.25) is 0 Å². The van der Waals surface area contributed by atoms with Crippen LogP contribution in [-0.2, 0) is 0 Å². The van der Waals surface area contributed by atoms with Crippen molar-refractivity contribution in [3.8, 4) is 17.6 Å². The summed E-state index contributed by atoms with van der Waals surface area (Å²) in [6.07, 6.45) is 3.54. The molecule has 1 saturated carbocycles. The van der Waals surface area contributed by atoms with Gasteiger partial charge in [0.25, 0.3) is 0 Å². The predicted octanol–water partition coefficient (Wildman–Crippen LogP) is 3.34. The average molecular weight is 275 g/mol. The van der Waals surface area contributed by atoms with E-state index in [4.69, 9.17) is 10.5 Å². The smallest absolute Gasteiger partial charge is 0.135 e. The van der Waals surface area contributed by atoms with Crippen LogP contribution in [0.4, 0.5) is 4.39 Å². The summed E-state index contributed by atoms with van der Waals surface area (Å²) in [4.78, 5) is 0. The quantitative estimate of drug-likeness (QED) is 0.840. The molecule has 1 aromatic rings. The van der Waals surface area contributed by atoms with Gasteiger partial charge in [0.2, 0.25) is 0 Å². The van der Waals surface area contributed by atoms with Gasteiger partial charge in [0.1, 0.15) is 11.6 Å². The average Bonchev–Trinajstić information content (AvgIpc) is 2.38. The Kier molecular flexibility index (Phi) is 5.03. The van der Waals surface area contributed by atoms with Crippen molar-refractivity contribution >= 4 is 0 Å². The Morgan fingerprint density at radius 3 is 2.60 bits per heavy atom. The molecule has 2 nitrogen and oxygen atoms in total. The largest absolute Gasteiger partial charge is 0.489 e. The van der Waals surface area contributed by atoms with E-state index in [0.717, 1.165) is 12.8 Å². The molecule has 0 bridgehead atoms. The summed E-state index contributed by atoms with van der Waals surface area (Å²) in [6.45, 7) is 4.77. The molecular weight excluding hydrogens is 253 g/mol. The molecule has 2 rings (SSSR count). The van der Waals surface area contributed by atoms with Crippen LogP contribution in [-0.4, -0.2) is 12.6 Å². The maximum Gasteiger partial charge on any atom is 0.135 e. The molecular formula is C17H22FNO. The molecule has 1 aromatic carbocycles. The normalized spacial score (nSPS) is 25.7. The summed E-state index contributed by atoms with van der Waals surface area (Å²) in [5.41, 5.74) is 5.96. The van der Waals surface area contributed by atoms with Gasteiger partial charge in [0, 0.05) is 0 Å². The number of ether oxygens (including phenoxy) is 1. The van der Waals surface area contributed by atoms with E-state index in [1.54, 1.807) is 6.07 Å². The lowest BCUT2D eigenvalue weighted by molar-refractivity contribution is 0.101. The van der Waals surface area contributed by atoms with Crippen molar-refractivity contribution in [2.75, 3.05) is 6.54 Å². The molecule has 20 heavy (non-hydrogen) atoms. The Balaban J connectivity index is 2.16. The molecule has 2 unspecified atom stereocenters. The summed E-state index contributed by atoms with van der Waals surface area (Å²) in [6, 6.07) is 4.49. The van der Waals surface area contributed by atoms with Crippen LogP contribution in [0.5, 0.6) is 5.75 Å². The highest BCUT2D eigenvalue weighted by atomic mass is 19.1. The molecule has 1 aliphatic rings. The SMILES string of the molecule is CC1CC(C)CC(Oc2ccc(F)cc2C#CCN)C1. The first-order valence-electron chi connectivity index (χ1n) is 7.23. The van der Waals surface area contributed by atoms with Gasteiger partial charge in [-0.25, -0.2) is 4.39 Å². The van der Waals surface area contributed by atoms with Gasteiger partial charge in [-0.15, -0.1) is 0 Å². The van der Waals surface area contributed by atoms with Crippen molar-refractivity contribution < 1.29 is 9.13 Å². The van der Waals surface area contributed by atoms with E-state index < -0.39 is 0 Å². The van der Waals surface area contributed by atoms with Crippen molar-refractivity contribution in [1.82, 2.24) is 0 Å². The van der Waals surface area contributed by atoms with Crippen LogP contribution < -0.4 is 10.5 Å². The molecule has 0 aliphatic heterocycles. The standard InChI is InChI=1S/C17H22FNO/c1-12-8-13(2)10-16(9-12)20-17-6-5-15(18)11-14(17)4-3-7-19/h5-6,11-13,16H,7-10,19H2,1-2H3. The van der Waals surface area contributed by atoms with E-state index in [1.807, 2.05) is 0 Å². The van der Waals surface area contributed by atoms with Gasteiger partial charge < -0.3 is 10.5 Å². The first kappa shape index (κ1) is 14.9. The van der Waals surface area contributed by atoms with Crippen LogP contribution >= 0.6 is 0 Å². The number of hydrogen-bond acceptors (Lipinski definition) is 2. The van der Waals surface area contributed by atoms with E-state index in [-0.39, 0.29) is 18.5 Å². The fourth-order valence-electron chi connectivity index (χ4n) is 3.00. The molecule has 3 heteroatoms. The second kappa shape index (κ2) is 6.76. The molecule has 0 spiro atoms. The summed E-state index contributed by atoms with van der Waals surface area (Å²) in [5, 5.41) is 0. The minimum Gasteiger partial charge on any atom is -0.489 e. The monoisotopic (exact) mass is 275 g/mol. The van der Waals surface area contributed by atoms with E-state index in [1.165, 1.54) is 18.6 Å². The molecule has 0 saturated heterocycles. The molecule has 0 heterocycles. The highest BCUT2D eigenvalue weighted by Gasteiger charge is 2.25. The Morgan fingerprint density at radius 2 is 1.95 bits per heavy atom. The maximum atomic E-state index is 13.3. The Labute approximate surface area is 120 Å². The first-order valence-corrected chi connectivity index (χ1v) is 7.23. The highest BCUT2D eigenvalue weighted by molar-refractivity contribution is 5.46. The Morgan fingerprint density at radius 1 is 1.25 bits per heavy atom. The van der Waals surface area contributed by atoms with Crippen molar-refractivity contribution in [2.45, 2.75) is 39.2 Å². The molecule has 0 radical (unpaired) electrons. The van der Waals surface area contributed by atoms with Crippen LogP contribution in [0.15, 0.2) is 18.2 Å². The number of nitrogens with two attached hydrogens (primary N) is 1.